The van der Waals surface area contributed by atoms with E-state index in [9.17, 15) is 13.2 Å². The summed E-state index contributed by atoms with van der Waals surface area (Å²) in [6, 6.07) is 0. The number of hydrogen-bond acceptors (Lipinski definition) is 4. The van der Waals surface area contributed by atoms with E-state index in [1.54, 1.807) is 6.92 Å². The van der Waals surface area contributed by atoms with Crippen molar-refractivity contribution in [2.45, 2.75) is 46.5 Å². The normalized spacial score (nSPS) is 27.3. The van der Waals surface area contributed by atoms with Crippen molar-refractivity contribution in [2.75, 3.05) is 45.0 Å². The first-order valence-corrected chi connectivity index (χ1v) is 11.4. The number of hydrogen-bond donors (Lipinski definition) is 1. The minimum atomic E-state index is -3.12. The number of amides is 1. The highest BCUT2D eigenvalue weighted by Gasteiger charge is 2.30. The van der Waals surface area contributed by atoms with Crippen molar-refractivity contribution in [1.29, 1.82) is 0 Å². The van der Waals surface area contributed by atoms with Crippen LogP contribution in [0.3, 0.4) is 0 Å². The molecule has 0 bridgehead atoms. The maximum atomic E-state index is 12.3. The van der Waals surface area contributed by atoms with E-state index < -0.39 is 10.0 Å². The van der Waals surface area contributed by atoms with Gasteiger partial charge in [0.25, 0.3) is 0 Å². The Morgan fingerprint density at radius 3 is 2.28 bits per heavy atom. The lowest BCUT2D eigenvalue weighted by Crippen LogP contribution is -2.44. The maximum absolute atomic E-state index is 12.3. The van der Waals surface area contributed by atoms with Gasteiger partial charge in [-0.1, -0.05) is 13.8 Å². The molecule has 0 saturated carbocycles. The number of likely N-dealkylation sites (tertiary alicyclic amines) is 1. The van der Waals surface area contributed by atoms with E-state index in [1.807, 2.05) is 0 Å². The largest absolute Gasteiger partial charge is 0.356 e. The second-order valence-corrected chi connectivity index (χ2v) is 10.2. The smallest absolute Gasteiger partial charge is 0.223 e. The number of nitrogens with one attached hydrogen (secondary N) is 1. The molecule has 2 fully saturated rings. The number of sulfonamides is 1. The predicted molar refractivity (Wildman–Crippen MR) is 101 cm³/mol. The Kier molecular flexibility index (Phi) is 7.70. The summed E-state index contributed by atoms with van der Waals surface area (Å²) in [6.07, 6.45) is 3.56. The van der Waals surface area contributed by atoms with Gasteiger partial charge in [-0.05, 0) is 51.0 Å². The molecule has 0 radical (unpaired) electrons. The third-order valence-electron chi connectivity index (χ3n) is 5.48. The summed E-state index contributed by atoms with van der Waals surface area (Å²) in [5.41, 5.74) is 0. The SMILES string of the molecule is CCS(=O)(=O)N1CCC(C(=O)NCCCN2C[C@H](C)C[C@H](C)C2)CC1. The van der Waals surface area contributed by atoms with Crippen LogP contribution in [0.5, 0.6) is 0 Å². The fraction of sp³-hybridized carbons (Fsp3) is 0.944. The van der Waals surface area contributed by atoms with Crippen LogP contribution in [-0.2, 0) is 14.8 Å². The Balaban J connectivity index is 1.63. The van der Waals surface area contributed by atoms with Crippen LogP contribution in [0, 0.1) is 17.8 Å². The van der Waals surface area contributed by atoms with Gasteiger partial charge < -0.3 is 10.2 Å². The van der Waals surface area contributed by atoms with Crippen LogP contribution in [-0.4, -0.2) is 68.6 Å². The van der Waals surface area contributed by atoms with Crippen molar-refractivity contribution in [2.24, 2.45) is 17.8 Å². The molecule has 2 rings (SSSR count). The molecule has 2 heterocycles. The van der Waals surface area contributed by atoms with Crippen LogP contribution in [0.15, 0.2) is 0 Å². The lowest BCUT2D eigenvalue weighted by atomic mass is 9.92. The molecule has 2 aliphatic heterocycles. The molecule has 0 spiro atoms. The Hall–Kier alpha value is -0.660. The van der Waals surface area contributed by atoms with Crippen molar-refractivity contribution in [3.8, 4) is 0 Å². The van der Waals surface area contributed by atoms with Gasteiger partial charge in [-0.15, -0.1) is 0 Å². The Labute approximate surface area is 153 Å². The highest BCUT2D eigenvalue weighted by Crippen LogP contribution is 2.21. The minimum absolute atomic E-state index is 0.0432. The van der Waals surface area contributed by atoms with Crippen LogP contribution >= 0.6 is 0 Å². The zero-order valence-electron chi connectivity index (χ0n) is 16.0. The van der Waals surface area contributed by atoms with E-state index in [0.717, 1.165) is 24.8 Å². The van der Waals surface area contributed by atoms with Crippen molar-refractivity contribution in [3.05, 3.63) is 0 Å². The first-order valence-electron chi connectivity index (χ1n) is 9.79. The summed E-state index contributed by atoms with van der Waals surface area (Å²) in [6.45, 7) is 11.3. The van der Waals surface area contributed by atoms with Crippen LogP contribution < -0.4 is 5.32 Å². The molecule has 0 aromatic heterocycles. The molecular formula is C18H35N3O3S. The topological polar surface area (TPSA) is 69.7 Å². The minimum Gasteiger partial charge on any atom is -0.356 e. The summed E-state index contributed by atoms with van der Waals surface area (Å²) in [5.74, 6) is 1.72. The summed E-state index contributed by atoms with van der Waals surface area (Å²) in [7, 11) is -3.12. The van der Waals surface area contributed by atoms with Crippen molar-refractivity contribution >= 4 is 15.9 Å². The summed E-state index contributed by atoms with van der Waals surface area (Å²) >= 11 is 0. The van der Waals surface area contributed by atoms with E-state index >= 15 is 0 Å². The van der Waals surface area contributed by atoms with Crippen molar-refractivity contribution < 1.29 is 13.2 Å². The van der Waals surface area contributed by atoms with Gasteiger partial charge in [0, 0.05) is 38.6 Å². The lowest BCUT2D eigenvalue weighted by molar-refractivity contribution is -0.126. The predicted octanol–water partition coefficient (Wildman–Crippen LogP) is 1.53. The fourth-order valence-corrected chi connectivity index (χ4v) is 5.34. The number of carbonyl (C=O) groups is 1. The molecule has 0 aromatic rings. The highest BCUT2D eigenvalue weighted by molar-refractivity contribution is 7.89. The molecule has 6 nitrogen and oxygen atoms in total. The van der Waals surface area contributed by atoms with Crippen LogP contribution in [0.2, 0.25) is 0 Å². The zero-order chi connectivity index (χ0) is 18.4. The molecule has 25 heavy (non-hydrogen) atoms. The maximum Gasteiger partial charge on any atom is 0.223 e. The van der Waals surface area contributed by atoms with Gasteiger partial charge in [0.15, 0.2) is 0 Å². The molecular weight excluding hydrogens is 338 g/mol. The average Bonchev–Trinajstić information content (AvgIpc) is 2.58. The van der Waals surface area contributed by atoms with E-state index in [4.69, 9.17) is 0 Å². The first-order chi connectivity index (χ1) is 11.8. The summed E-state index contributed by atoms with van der Waals surface area (Å²) in [4.78, 5) is 14.8. The van der Waals surface area contributed by atoms with Crippen molar-refractivity contribution in [3.63, 3.8) is 0 Å². The van der Waals surface area contributed by atoms with Gasteiger partial charge in [-0.2, -0.15) is 0 Å². The highest BCUT2D eigenvalue weighted by atomic mass is 32.2. The molecule has 2 atom stereocenters. The standard InChI is InChI=1S/C18H35N3O3S/c1-4-25(23,24)21-10-6-17(7-11-21)18(22)19-8-5-9-20-13-15(2)12-16(3)14-20/h15-17H,4-14H2,1-3H3,(H,19,22)/t15-,16+. The molecule has 146 valence electrons. The van der Waals surface area contributed by atoms with Gasteiger partial charge in [0.05, 0.1) is 5.75 Å². The van der Waals surface area contributed by atoms with Gasteiger partial charge in [-0.25, -0.2) is 12.7 Å². The molecule has 7 heteroatoms. The molecule has 0 aliphatic carbocycles. The first kappa shape index (κ1) is 20.6. The van der Waals surface area contributed by atoms with Crippen LogP contribution in [0.1, 0.15) is 46.5 Å². The van der Waals surface area contributed by atoms with Crippen molar-refractivity contribution in [1.82, 2.24) is 14.5 Å². The monoisotopic (exact) mass is 373 g/mol. The van der Waals surface area contributed by atoms with Gasteiger partial charge in [-0.3, -0.25) is 4.79 Å². The number of carbonyl (C=O) groups excluding carboxylic acids is 1. The Bertz CT molecular complexity index is 520. The van der Waals surface area contributed by atoms with E-state index in [-0.39, 0.29) is 17.6 Å². The van der Waals surface area contributed by atoms with Gasteiger partial charge >= 0.3 is 0 Å². The van der Waals surface area contributed by atoms with Gasteiger partial charge in [0.1, 0.15) is 0 Å². The third-order valence-corrected chi connectivity index (χ3v) is 7.36. The van der Waals surface area contributed by atoms with Gasteiger partial charge in [0.2, 0.25) is 15.9 Å². The molecule has 2 aliphatic rings. The Morgan fingerprint density at radius 1 is 1.12 bits per heavy atom. The molecule has 0 unspecified atom stereocenters. The average molecular weight is 374 g/mol. The van der Waals surface area contributed by atoms with E-state index in [2.05, 4.69) is 24.1 Å². The quantitative estimate of drug-likeness (QED) is 0.687. The Morgan fingerprint density at radius 2 is 1.72 bits per heavy atom. The molecule has 2 saturated heterocycles. The summed E-state index contributed by atoms with van der Waals surface area (Å²) < 4.78 is 25.2. The zero-order valence-corrected chi connectivity index (χ0v) is 16.9. The number of piperidine rings is 2. The second kappa shape index (κ2) is 9.33. The summed E-state index contributed by atoms with van der Waals surface area (Å²) in [5, 5.41) is 3.05. The third kappa shape index (κ3) is 6.22. The van der Waals surface area contributed by atoms with E-state index in [0.29, 0.717) is 32.5 Å². The molecule has 1 amide bonds. The molecule has 1 N–H and O–H groups in total. The lowest BCUT2D eigenvalue weighted by Gasteiger charge is -2.35. The number of rotatable bonds is 7. The van der Waals surface area contributed by atoms with E-state index in [1.165, 1.54) is 23.8 Å². The second-order valence-electron chi connectivity index (χ2n) is 7.92. The molecule has 0 aromatic carbocycles. The van der Waals surface area contributed by atoms with Crippen LogP contribution in [0.4, 0.5) is 0 Å². The van der Waals surface area contributed by atoms with Crippen LogP contribution in [0.25, 0.3) is 0 Å². The number of nitrogens with zero attached hydrogens (tertiary/aromatic N) is 2. The fourth-order valence-electron chi connectivity index (χ4n) is 4.21.